The lowest BCUT2D eigenvalue weighted by molar-refractivity contribution is -0.145. The monoisotopic (exact) mass is 472 g/mol. The molecule has 0 heterocycles. The number of ether oxygens (including phenoxy) is 2. The van der Waals surface area contributed by atoms with E-state index in [4.69, 9.17) is 9.47 Å². The third kappa shape index (κ3) is 6.15. The van der Waals surface area contributed by atoms with Gasteiger partial charge < -0.3 is 9.47 Å². The summed E-state index contributed by atoms with van der Waals surface area (Å²) in [6, 6.07) is 12.2. The van der Waals surface area contributed by atoms with Gasteiger partial charge in [0, 0.05) is 19.6 Å². The molecular formula is C18H18Br2O3S. The van der Waals surface area contributed by atoms with Crippen LogP contribution in [0.5, 0.6) is 5.75 Å². The highest BCUT2D eigenvalue weighted by Crippen LogP contribution is 2.30. The summed E-state index contributed by atoms with van der Waals surface area (Å²) in [7, 11) is 0. The molecule has 0 aliphatic rings. The van der Waals surface area contributed by atoms with E-state index in [-0.39, 0.29) is 12.6 Å². The van der Waals surface area contributed by atoms with E-state index in [1.54, 1.807) is 18.7 Å². The van der Waals surface area contributed by atoms with Crippen LogP contribution < -0.4 is 4.74 Å². The number of aryl methyl sites for hydroxylation is 1. The fourth-order valence-electron chi connectivity index (χ4n) is 2.07. The molecule has 2 aromatic carbocycles. The van der Waals surface area contributed by atoms with Crippen molar-refractivity contribution in [2.45, 2.75) is 24.5 Å². The number of carbonyl (C=O) groups excluding carboxylic acids is 1. The Morgan fingerprint density at radius 3 is 2.46 bits per heavy atom. The molecule has 2 aromatic rings. The Morgan fingerprint density at radius 2 is 1.83 bits per heavy atom. The van der Waals surface area contributed by atoms with Gasteiger partial charge in [0.25, 0.3) is 0 Å². The first-order valence-electron chi connectivity index (χ1n) is 7.44. The second-order valence-electron chi connectivity index (χ2n) is 5.09. The van der Waals surface area contributed by atoms with Crippen LogP contribution in [0.2, 0.25) is 0 Å². The smallest absolute Gasteiger partial charge is 0.344 e. The zero-order chi connectivity index (χ0) is 17.5. The van der Waals surface area contributed by atoms with Gasteiger partial charge >= 0.3 is 5.97 Å². The lowest BCUT2D eigenvalue weighted by atomic mass is 10.2. The highest BCUT2D eigenvalue weighted by molar-refractivity contribution is 9.11. The molecule has 6 heteroatoms. The van der Waals surface area contributed by atoms with Crippen LogP contribution in [0.1, 0.15) is 18.1 Å². The minimum Gasteiger partial charge on any atom is -0.482 e. The molecule has 0 saturated heterocycles. The Bertz CT molecular complexity index is 699. The fourth-order valence-corrected chi connectivity index (χ4v) is 4.39. The predicted octanol–water partition coefficient (Wildman–Crippen LogP) is 5.75. The molecule has 0 N–H and O–H groups in total. The molecule has 128 valence electrons. The average Bonchev–Trinajstić information content (AvgIpc) is 2.51. The zero-order valence-electron chi connectivity index (χ0n) is 13.5. The molecule has 0 unspecified atom stereocenters. The molecule has 24 heavy (non-hydrogen) atoms. The first kappa shape index (κ1) is 19.3. The van der Waals surface area contributed by atoms with Crippen molar-refractivity contribution in [3.8, 4) is 5.75 Å². The van der Waals surface area contributed by atoms with Crippen LogP contribution in [0, 0.1) is 6.92 Å². The SMILES string of the molecule is CCOC(=O)COc1ccc(SCc2cc(Br)cc(Br)c2)cc1C. The van der Waals surface area contributed by atoms with Gasteiger partial charge in [-0.05, 0) is 61.4 Å². The number of hydrogen-bond acceptors (Lipinski definition) is 4. The number of esters is 1. The van der Waals surface area contributed by atoms with Crippen molar-refractivity contribution in [3.63, 3.8) is 0 Å². The second kappa shape index (κ2) is 9.49. The van der Waals surface area contributed by atoms with E-state index < -0.39 is 0 Å². The third-order valence-corrected chi connectivity index (χ3v) is 5.11. The maximum Gasteiger partial charge on any atom is 0.344 e. The fraction of sp³-hybridized carbons (Fsp3) is 0.278. The molecule has 0 bridgehead atoms. The van der Waals surface area contributed by atoms with Crippen molar-refractivity contribution in [3.05, 3.63) is 56.5 Å². The highest BCUT2D eigenvalue weighted by Gasteiger charge is 2.07. The van der Waals surface area contributed by atoms with Crippen LogP contribution in [0.4, 0.5) is 0 Å². The van der Waals surface area contributed by atoms with Crippen LogP contribution in [0.25, 0.3) is 0 Å². The summed E-state index contributed by atoms with van der Waals surface area (Å²) >= 11 is 8.77. The molecule has 2 rings (SSSR count). The van der Waals surface area contributed by atoms with E-state index in [2.05, 4.69) is 50.1 Å². The van der Waals surface area contributed by atoms with Crippen molar-refractivity contribution in [2.75, 3.05) is 13.2 Å². The van der Waals surface area contributed by atoms with Gasteiger partial charge in [-0.2, -0.15) is 0 Å². The van der Waals surface area contributed by atoms with Gasteiger partial charge in [-0.25, -0.2) is 4.79 Å². The molecule has 0 fully saturated rings. The maximum atomic E-state index is 11.3. The molecule has 0 aromatic heterocycles. The van der Waals surface area contributed by atoms with E-state index in [9.17, 15) is 4.79 Å². The third-order valence-electron chi connectivity index (χ3n) is 3.13. The molecule has 0 aliphatic heterocycles. The lowest BCUT2D eigenvalue weighted by Gasteiger charge is -2.10. The Kier molecular flexibility index (Phi) is 7.65. The molecular weight excluding hydrogens is 456 g/mol. The normalized spacial score (nSPS) is 10.5. The van der Waals surface area contributed by atoms with Gasteiger partial charge in [0.1, 0.15) is 5.75 Å². The summed E-state index contributed by atoms with van der Waals surface area (Å²) in [5.41, 5.74) is 2.24. The molecule has 0 radical (unpaired) electrons. The highest BCUT2D eigenvalue weighted by atomic mass is 79.9. The standard InChI is InChI=1S/C18H18Br2O3S/c1-3-22-18(21)10-23-17-5-4-16(6-12(17)2)24-11-13-7-14(19)9-15(20)8-13/h4-9H,3,10-11H2,1-2H3. The Balaban J connectivity index is 1.95. The van der Waals surface area contributed by atoms with E-state index in [0.29, 0.717) is 12.4 Å². The quantitative estimate of drug-likeness (QED) is 0.378. The second-order valence-corrected chi connectivity index (χ2v) is 7.97. The maximum absolute atomic E-state index is 11.3. The molecule has 0 amide bonds. The first-order chi connectivity index (χ1) is 11.5. The van der Waals surface area contributed by atoms with E-state index in [1.165, 1.54) is 5.56 Å². The molecule has 0 spiro atoms. The van der Waals surface area contributed by atoms with Crippen LogP contribution in [0.3, 0.4) is 0 Å². The summed E-state index contributed by atoms with van der Waals surface area (Å²) in [6.45, 7) is 4.05. The Labute approximate surface area is 163 Å². The summed E-state index contributed by atoms with van der Waals surface area (Å²) in [4.78, 5) is 12.5. The number of benzene rings is 2. The van der Waals surface area contributed by atoms with Crippen molar-refractivity contribution in [1.29, 1.82) is 0 Å². The van der Waals surface area contributed by atoms with Crippen molar-refractivity contribution in [2.24, 2.45) is 0 Å². The number of thioether (sulfide) groups is 1. The van der Waals surface area contributed by atoms with Crippen LogP contribution >= 0.6 is 43.6 Å². The Morgan fingerprint density at radius 1 is 1.12 bits per heavy atom. The van der Waals surface area contributed by atoms with Gasteiger partial charge in [0.2, 0.25) is 0 Å². The minimum absolute atomic E-state index is 0.0623. The Hall–Kier alpha value is -0.980. The lowest BCUT2D eigenvalue weighted by Crippen LogP contribution is -2.14. The summed E-state index contributed by atoms with van der Waals surface area (Å²) in [6.07, 6.45) is 0. The zero-order valence-corrected chi connectivity index (χ0v) is 17.5. The van der Waals surface area contributed by atoms with Gasteiger partial charge in [0.15, 0.2) is 6.61 Å². The van der Waals surface area contributed by atoms with E-state index in [0.717, 1.165) is 25.2 Å². The van der Waals surface area contributed by atoms with Gasteiger partial charge in [-0.15, -0.1) is 11.8 Å². The van der Waals surface area contributed by atoms with Crippen LogP contribution in [-0.4, -0.2) is 19.2 Å². The van der Waals surface area contributed by atoms with Crippen molar-refractivity contribution in [1.82, 2.24) is 0 Å². The summed E-state index contributed by atoms with van der Waals surface area (Å²) in [5, 5.41) is 0. The predicted molar refractivity (Wildman–Crippen MR) is 105 cm³/mol. The molecule has 0 saturated carbocycles. The largest absolute Gasteiger partial charge is 0.482 e. The van der Waals surface area contributed by atoms with Gasteiger partial charge in [-0.3, -0.25) is 0 Å². The molecule has 3 nitrogen and oxygen atoms in total. The van der Waals surface area contributed by atoms with Crippen LogP contribution in [-0.2, 0) is 15.3 Å². The van der Waals surface area contributed by atoms with Crippen LogP contribution in [0.15, 0.2) is 50.2 Å². The van der Waals surface area contributed by atoms with E-state index >= 15 is 0 Å². The number of carbonyl (C=O) groups is 1. The summed E-state index contributed by atoms with van der Waals surface area (Å²) in [5.74, 6) is 1.23. The van der Waals surface area contributed by atoms with Crippen molar-refractivity contribution < 1.29 is 14.3 Å². The first-order valence-corrected chi connectivity index (χ1v) is 10.0. The van der Waals surface area contributed by atoms with Gasteiger partial charge in [0.05, 0.1) is 6.61 Å². The summed E-state index contributed by atoms with van der Waals surface area (Å²) < 4.78 is 12.5. The van der Waals surface area contributed by atoms with Gasteiger partial charge in [-0.1, -0.05) is 31.9 Å². The number of hydrogen-bond donors (Lipinski definition) is 0. The van der Waals surface area contributed by atoms with E-state index in [1.807, 2.05) is 25.1 Å². The topological polar surface area (TPSA) is 35.5 Å². The number of rotatable bonds is 7. The number of halogens is 2. The minimum atomic E-state index is -0.351. The molecule has 0 aliphatic carbocycles. The van der Waals surface area contributed by atoms with Crippen molar-refractivity contribution >= 4 is 49.6 Å². The average molecular weight is 474 g/mol. The molecule has 0 atom stereocenters.